The first kappa shape index (κ1) is 22.0. The molecule has 172 valence electrons. The van der Waals surface area contributed by atoms with E-state index in [-0.39, 0.29) is 17.3 Å². The van der Waals surface area contributed by atoms with Crippen LogP contribution in [-0.4, -0.2) is 20.8 Å². The molecule has 8 heteroatoms. The summed E-state index contributed by atoms with van der Waals surface area (Å²) < 4.78 is 23.6. The number of hydrogen-bond acceptors (Lipinski definition) is 3. The highest BCUT2D eigenvalue weighted by molar-refractivity contribution is 6.30. The van der Waals surface area contributed by atoms with E-state index in [0.717, 1.165) is 32.7 Å². The van der Waals surface area contributed by atoms with Crippen LogP contribution in [-0.2, 0) is 13.6 Å². The minimum absolute atomic E-state index is 0.170. The molecule has 2 aromatic heterocycles. The first-order valence-corrected chi connectivity index (χ1v) is 11.0. The third kappa shape index (κ3) is 3.31. The maximum Gasteiger partial charge on any atom is 0.336 e. The number of aryl methyl sites for hydroxylation is 2. The second-order valence-electron chi connectivity index (χ2n) is 8.17. The summed E-state index contributed by atoms with van der Waals surface area (Å²) in [6.07, 6.45) is 0. The van der Waals surface area contributed by atoms with Crippen LogP contribution in [0.4, 0.5) is 4.39 Å². The van der Waals surface area contributed by atoms with Gasteiger partial charge in [-0.3, -0.25) is 9.36 Å². The summed E-state index contributed by atoms with van der Waals surface area (Å²) in [6, 6.07) is 17.1. The quantitative estimate of drug-likeness (QED) is 0.373. The van der Waals surface area contributed by atoms with E-state index in [0.29, 0.717) is 16.8 Å². The van der Waals surface area contributed by atoms with E-state index in [2.05, 4.69) is 0 Å². The van der Waals surface area contributed by atoms with Gasteiger partial charge in [-0.1, -0.05) is 35.9 Å². The van der Waals surface area contributed by atoms with E-state index < -0.39 is 17.1 Å². The van der Waals surface area contributed by atoms with Gasteiger partial charge in [0.2, 0.25) is 0 Å². The maximum absolute atomic E-state index is 13.9. The fraction of sp³-hybridized carbons (Fsp3) is 0.154. The van der Waals surface area contributed by atoms with Gasteiger partial charge in [0, 0.05) is 12.4 Å². The predicted octanol–water partition coefficient (Wildman–Crippen LogP) is 4.80. The van der Waals surface area contributed by atoms with Crippen molar-refractivity contribution in [1.29, 1.82) is 0 Å². The molecule has 6 nitrogen and oxygen atoms in total. The molecule has 0 unspecified atom stereocenters. The Bertz CT molecular complexity index is 1720. The molecule has 0 aliphatic rings. The van der Waals surface area contributed by atoms with Crippen LogP contribution in [0.5, 0.6) is 5.75 Å². The van der Waals surface area contributed by atoms with Crippen LogP contribution < -0.4 is 16.0 Å². The van der Waals surface area contributed by atoms with E-state index >= 15 is 0 Å². The van der Waals surface area contributed by atoms with Gasteiger partial charge in [0.25, 0.3) is 5.56 Å². The van der Waals surface area contributed by atoms with E-state index in [4.69, 9.17) is 16.3 Å². The minimum atomic E-state index is -0.628. The largest absolute Gasteiger partial charge is 0.497 e. The van der Waals surface area contributed by atoms with Crippen LogP contribution in [0, 0.1) is 12.7 Å². The number of aromatic nitrogens is 3. The molecule has 5 aromatic rings. The number of nitrogens with zero attached hydrogens (tertiary/aromatic N) is 3. The Morgan fingerprint density at radius 1 is 1.00 bits per heavy atom. The molecule has 0 fully saturated rings. The van der Waals surface area contributed by atoms with Crippen molar-refractivity contribution in [3.63, 3.8) is 0 Å². The van der Waals surface area contributed by atoms with Crippen LogP contribution in [0.15, 0.2) is 70.3 Å². The number of rotatable bonds is 4. The van der Waals surface area contributed by atoms with Crippen molar-refractivity contribution in [3.05, 3.63) is 103 Å². The second kappa shape index (κ2) is 8.18. The van der Waals surface area contributed by atoms with Crippen LogP contribution in [0.2, 0.25) is 5.02 Å². The topological polar surface area (TPSA) is 58.2 Å². The smallest absolute Gasteiger partial charge is 0.336 e. The van der Waals surface area contributed by atoms with Crippen molar-refractivity contribution in [2.45, 2.75) is 13.5 Å². The monoisotopic (exact) mass is 477 g/mol. The van der Waals surface area contributed by atoms with Crippen LogP contribution in [0.25, 0.3) is 27.6 Å². The molecular weight excluding hydrogens is 457 g/mol. The lowest BCUT2D eigenvalue weighted by molar-refractivity contribution is 0.415. The van der Waals surface area contributed by atoms with Crippen molar-refractivity contribution >= 4 is 33.5 Å². The lowest BCUT2D eigenvalue weighted by Gasteiger charge is -2.15. The standard InChI is InChI=1S/C26H21ClFN3O3/c1-15-6-4-5-7-16(15)14-30-23-19-13-18(34-3)9-11-22(19)29(2)24(23)25(32)31(26(30)33)17-8-10-21(28)20(27)12-17/h4-13H,14H2,1-3H3. The van der Waals surface area contributed by atoms with Gasteiger partial charge in [0.15, 0.2) is 0 Å². The van der Waals surface area contributed by atoms with Gasteiger partial charge in [-0.2, -0.15) is 0 Å². The van der Waals surface area contributed by atoms with Gasteiger partial charge in [-0.25, -0.2) is 13.8 Å². The van der Waals surface area contributed by atoms with Crippen molar-refractivity contribution < 1.29 is 9.13 Å². The first-order chi connectivity index (χ1) is 16.3. The SMILES string of the molecule is COc1ccc2c(c1)c1c(c(=O)n(-c3ccc(F)c(Cl)c3)c(=O)n1Cc1ccccc1C)n2C. The predicted molar refractivity (Wildman–Crippen MR) is 132 cm³/mol. The second-order valence-corrected chi connectivity index (χ2v) is 8.58. The summed E-state index contributed by atoms with van der Waals surface area (Å²) in [4.78, 5) is 27.6. The molecule has 0 amide bonds. The van der Waals surface area contributed by atoms with Gasteiger partial charge < -0.3 is 9.30 Å². The highest BCUT2D eigenvalue weighted by Crippen LogP contribution is 2.30. The summed E-state index contributed by atoms with van der Waals surface area (Å²) in [5, 5.41) is 0.556. The van der Waals surface area contributed by atoms with E-state index in [1.54, 1.807) is 23.3 Å². The lowest BCUT2D eigenvalue weighted by atomic mass is 10.1. The molecule has 0 aliphatic carbocycles. The summed E-state index contributed by atoms with van der Waals surface area (Å²) in [6.45, 7) is 2.22. The van der Waals surface area contributed by atoms with Crippen LogP contribution >= 0.6 is 11.6 Å². The summed E-state index contributed by atoms with van der Waals surface area (Å²) >= 11 is 5.99. The molecule has 0 N–H and O–H groups in total. The van der Waals surface area contributed by atoms with Gasteiger partial charge in [-0.15, -0.1) is 0 Å². The van der Waals surface area contributed by atoms with Gasteiger partial charge in [0.1, 0.15) is 17.1 Å². The molecule has 34 heavy (non-hydrogen) atoms. The minimum Gasteiger partial charge on any atom is -0.497 e. The average Bonchev–Trinajstić information content (AvgIpc) is 3.12. The summed E-state index contributed by atoms with van der Waals surface area (Å²) in [7, 11) is 3.35. The number of hydrogen-bond donors (Lipinski definition) is 0. The third-order valence-corrected chi connectivity index (χ3v) is 6.52. The van der Waals surface area contributed by atoms with Crippen molar-refractivity contribution in [2.24, 2.45) is 7.05 Å². The third-order valence-electron chi connectivity index (χ3n) is 6.23. The molecule has 5 rings (SSSR count). The Kier molecular flexibility index (Phi) is 5.29. The maximum atomic E-state index is 13.9. The Morgan fingerprint density at radius 3 is 2.47 bits per heavy atom. The van der Waals surface area contributed by atoms with Crippen molar-refractivity contribution in [1.82, 2.24) is 13.7 Å². The Morgan fingerprint density at radius 2 is 1.76 bits per heavy atom. The molecule has 0 saturated heterocycles. The molecule has 3 aromatic carbocycles. The molecule has 0 aliphatic heterocycles. The zero-order valence-electron chi connectivity index (χ0n) is 18.8. The van der Waals surface area contributed by atoms with Gasteiger partial charge in [-0.05, 0) is 54.4 Å². The Balaban J connectivity index is 1.96. The van der Waals surface area contributed by atoms with E-state index in [1.807, 2.05) is 49.4 Å². The molecule has 0 atom stereocenters. The highest BCUT2D eigenvalue weighted by atomic mass is 35.5. The average molecular weight is 478 g/mol. The van der Waals surface area contributed by atoms with Gasteiger partial charge in [0.05, 0.1) is 35.4 Å². The van der Waals surface area contributed by atoms with E-state index in [1.165, 1.54) is 12.1 Å². The normalized spacial score (nSPS) is 11.4. The fourth-order valence-electron chi connectivity index (χ4n) is 4.41. The molecule has 0 saturated carbocycles. The Hall–Kier alpha value is -3.84. The highest BCUT2D eigenvalue weighted by Gasteiger charge is 2.22. The first-order valence-electron chi connectivity index (χ1n) is 10.6. The number of ether oxygens (including phenoxy) is 1. The zero-order chi connectivity index (χ0) is 24.1. The number of methoxy groups -OCH3 is 1. The molecule has 2 heterocycles. The molecule has 0 spiro atoms. The number of halogens is 2. The van der Waals surface area contributed by atoms with E-state index in [9.17, 15) is 14.0 Å². The van der Waals surface area contributed by atoms with Crippen LogP contribution in [0.1, 0.15) is 11.1 Å². The van der Waals surface area contributed by atoms with Crippen LogP contribution in [0.3, 0.4) is 0 Å². The summed E-state index contributed by atoms with van der Waals surface area (Å²) in [5.74, 6) is -0.0131. The molecule has 0 radical (unpaired) electrons. The summed E-state index contributed by atoms with van der Waals surface area (Å²) in [5.41, 5.74) is 2.73. The number of fused-ring (bicyclic) bond motifs is 3. The zero-order valence-corrected chi connectivity index (χ0v) is 19.6. The number of benzene rings is 3. The molecule has 0 bridgehead atoms. The molecular formula is C26H21ClFN3O3. The lowest BCUT2D eigenvalue weighted by Crippen LogP contribution is -2.39. The van der Waals surface area contributed by atoms with Gasteiger partial charge >= 0.3 is 5.69 Å². The Labute approximate surface area is 199 Å². The van der Waals surface area contributed by atoms with Crippen molar-refractivity contribution in [2.75, 3.05) is 7.11 Å². The fourth-order valence-corrected chi connectivity index (χ4v) is 4.59. The van der Waals surface area contributed by atoms with Crippen molar-refractivity contribution in [3.8, 4) is 11.4 Å².